The number of allylic oxidation sites excluding steroid dienone is 4. The predicted molar refractivity (Wildman–Crippen MR) is 49.8 cm³/mol. The lowest BCUT2D eigenvalue weighted by molar-refractivity contribution is 0.213. The van der Waals surface area contributed by atoms with Crippen LogP contribution in [-0.2, 0) is 4.84 Å². The van der Waals surface area contributed by atoms with Crippen LogP contribution in [0.1, 0.15) is 13.3 Å². The molecule has 0 saturated carbocycles. The second-order valence-electron chi connectivity index (χ2n) is 2.40. The van der Waals surface area contributed by atoms with E-state index in [9.17, 15) is 0 Å². The molecule has 1 aliphatic rings. The van der Waals surface area contributed by atoms with Gasteiger partial charge in [0, 0.05) is 10.9 Å². The van der Waals surface area contributed by atoms with Crippen LogP contribution in [0.2, 0.25) is 0 Å². The van der Waals surface area contributed by atoms with E-state index >= 15 is 0 Å². The molecule has 0 atom stereocenters. The highest BCUT2D eigenvalue weighted by molar-refractivity contribution is 9.11. The van der Waals surface area contributed by atoms with Crippen LogP contribution in [0.15, 0.2) is 27.4 Å². The van der Waals surface area contributed by atoms with E-state index in [2.05, 4.69) is 32.8 Å². The Bertz CT molecular complexity index is 240. The summed E-state index contributed by atoms with van der Waals surface area (Å²) in [6.45, 7) is 2.07. The summed E-state index contributed by atoms with van der Waals surface area (Å²) in [5, 5.41) is 3.84. The molecule has 0 amide bonds. The average Bonchev–Trinajstić information content (AvgIpc) is 1.98. The second-order valence-corrected chi connectivity index (χ2v) is 3.26. The van der Waals surface area contributed by atoms with Gasteiger partial charge in [0.2, 0.25) is 0 Å². The highest BCUT2D eigenvalue weighted by Gasteiger charge is 2.06. The second kappa shape index (κ2) is 3.72. The zero-order chi connectivity index (χ0) is 8.27. The first-order chi connectivity index (χ1) is 5.24. The van der Waals surface area contributed by atoms with E-state index < -0.39 is 0 Å². The van der Waals surface area contributed by atoms with Gasteiger partial charge in [0.05, 0.1) is 5.71 Å². The number of oxime groups is 1. The largest absolute Gasteiger partial charge is 0.399 e. The lowest BCUT2D eigenvalue weighted by Crippen LogP contribution is -2.00. The minimum absolute atomic E-state index is 0.866. The van der Waals surface area contributed by atoms with E-state index in [0.29, 0.717) is 0 Å². The van der Waals surface area contributed by atoms with Gasteiger partial charge in [-0.15, -0.1) is 0 Å². The summed E-state index contributed by atoms with van der Waals surface area (Å²) in [6, 6.07) is 0. The Morgan fingerprint density at radius 2 is 2.27 bits per heavy atom. The van der Waals surface area contributed by atoms with Gasteiger partial charge in [-0.25, -0.2) is 0 Å². The summed E-state index contributed by atoms with van der Waals surface area (Å²) in [7, 11) is 1.56. The Labute approximate surface area is 74.7 Å². The SMILES string of the molecule is CON=C1C=CC(Br)=C(C)C1. The van der Waals surface area contributed by atoms with Crippen molar-refractivity contribution in [3.05, 3.63) is 22.2 Å². The first kappa shape index (κ1) is 8.53. The summed E-state index contributed by atoms with van der Waals surface area (Å²) in [5.74, 6) is 0. The zero-order valence-corrected chi connectivity index (χ0v) is 8.18. The van der Waals surface area contributed by atoms with Crippen molar-refractivity contribution >= 4 is 21.6 Å². The highest BCUT2D eigenvalue weighted by Crippen LogP contribution is 2.21. The topological polar surface area (TPSA) is 21.6 Å². The van der Waals surface area contributed by atoms with Crippen LogP contribution in [0.4, 0.5) is 0 Å². The van der Waals surface area contributed by atoms with Crippen molar-refractivity contribution in [2.24, 2.45) is 5.16 Å². The Kier molecular flexibility index (Phi) is 2.88. The molecular weight excluding hydrogens is 206 g/mol. The molecule has 3 heteroatoms. The van der Waals surface area contributed by atoms with Crippen LogP contribution >= 0.6 is 15.9 Å². The van der Waals surface area contributed by atoms with Crippen molar-refractivity contribution in [1.29, 1.82) is 0 Å². The summed E-state index contributed by atoms with van der Waals surface area (Å²) in [6.07, 6.45) is 4.79. The maximum atomic E-state index is 4.66. The van der Waals surface area contributed by atoms with Crippen molar-refractivity contribution in [2.75, 3.05) is 7.11 Å². The third-order valence-corrected chi connectivity index (χ3v) is 2.43. The maximum absolute atomic E-state index is 4.66. The number of rotatable bonds is 1. The van der Waals surface area contributed by atoms with Gasteiger partial charge in [0.1, 0.15) is 7.11 Å². The molecule has 2 nitrogen and oxygen atoms in total. The number of nitrogens with zero attached hydrogens (tertiary/aromatic N) is 1. The van der Waals surface area contributed by atoms with Crippen LogP contribution < -0.4 is 0 Å². The number of hydrogen-bond donors (Lipinski definition) is 0. The first-order valence-electron chi connectivity index (χ1n) is 3.37. The third-order valence-electron chi connectivity index (χ3n) is 1.48. The Hall–Kier alpha value is -0.570. The van der Waals surface area contributed by atoms with Crippen LogP contribution in [0.3, 0.4) is 0 Å². The van der Waals surface area contributed by atoms with E-state index in [1.54, 1.807) is 7.11 Å². The Morgan fingerprint density at radius 1 is 1.55 bits per heavy atom. The molecule has 0 heterocycles. The monoisotopic (exact) mass is 215 g/mol. The lowest BCUT2D eigenvalue weighted by Gasteiger charge is -2.07. The van der Waals surface area contributed by atoms with Crippen LogP contribution in [0.5, 0.6) is 0 Å². The van der Waals surface area contributed by atoms with E-state index in [0.717, 1.165) is 16.6 Å². The summed E-state index contributed by atoms with van der Waals surface area (Å²) >= 11 is 3.43. The molecule has 0 unspecified atom stereocenters. The molecule has 0 aromatic heterocycles. The van der Waals surface area contributed by atoms with E-state index in [-0.39, 0.29) is 0 Å². The minimum atomic E-state index is 0.866. The highest BCUT2D eigenvalue weighted by atomic mass is 79.9. The fourth-order valence-corrected chi connectivity index (χ4v) is 1.18. The van der Waals surface area contributed by atoms with E-state index in [1.807, 2.05) is 12.2 Å². The molecule has 0 N–H and O–H groups in total. The molecule has 11 heavy (non-hydrogen) atoms. The molecule has 0 aliphatic heterocycles. The molecule has 0 aromatic rings. The van der Waals surface area contributed by atoms with Crippen molar-refractivity contribution in [3.63, 3.8) is 0 Å². The number of hydrogen-bond acceptors (Lipinski definition) is 2. The van der Waals surface area contributed by atoms with Gasteiger partial charge in [-0.05, 0) is 19.1 Å². The van der Waals surface area contributed by atoms with Gasteiger partial charge in [-0.2, -0.15) is 0 Å². The number of halogens is 1. The van der Waals surface area contributed by atoms with Gasteiger partial charge >= 0.3 is 0 Å². The molecule has 1 rings (SSSR count). The third kappa shape index (κ3) is 2.19. The molecule has 0 spiro atoms. The van der Waals surface area contributed by atoms with Gasteiger partial charge in [0.15, 0.2) is 0 Å². The summed E-state index contributed by atoms with van der Waals surface area (Å²) in [5.41, 5.74) is 2.25. The molecule has 0 fully saturated rings. The standard InChI is InChI=1S/C8H10BrNO/c1-6-5-7(10-11-2)3-4-8(6)9/h3-4H,5H2,1-2H3. The van der Waals surface area contributed by atoms with Crippen LogP contribution in [0, 0.1) is 0 Å². The van der Waals surface area contributed by atoms with Gasteiger partial charge in [0.25, 0.3) is 0 Å². The zero-order valence-electron chi connectivity index (χ0n) is 6.60. The lowest BCUT2D eigenvalue weighted by atomic mass is 10.1. The minimum Gasteiger partial charge on any atom is -0.399 e. The van der Waals surface area contributed by atoms with E-state index in [4.69, 9.17) is 0 Å². The van der Waals surface area contributed by atoms with E-state index in [1.165, 1.54) is 5.57 Å². The first-order valence-corrected chi connectivity index (χ1v) is 4.16. The fraction of sp³-hybridized carbons (Fsp3) is 0.375. The van der Waals surface area contributed by atoms with Gasteiger partial charge in [-0.3, -0.25) is 0 Å². The molecule has 60 valence electrons. The van der Waals surface area contributed by atoms with Gasteiger partial charge in [-0.1, -0.05) is 26.7 Å². The molecule has 0 saturated heterocycles. The Morgan fingerprint density at radius 3 is 2.82 bits per heavy atom. The average molecular weight is 216 g/mol. The maximum Gasteiger partial charge on any atom is 0.106 e. The Balaban J connectivity index is 2.74. The van der Waals surface area contributed by atoms with Crippen LogP contribution in [0.25, 0.3) is 0 Å². The van der Waals surface area contributed by atoms with Crippen molar-refractivity contribution in [1.82, 2.24) is 0 Å². The van der Waals surface area contributed by atoms with Crippen LogP contribution in [-0.4, -0.2) is 12.8 Å². The predicted octanol–water partition coefficient (Wildman–Crippen LogP) is 2.62. The summed E-state index contributed by atoms with van der Waals surface area (Å²) in [4.78, 5) is 4.66. The fourth-order valence-electron chi connectivity index (χ4n) is 0.907. The molecule has 0 radical (unpaired) electrons. The molecule has 1 aliphatic carbocycles. The molecule has 0 aromatic carbocycles. The smallest absolute Gasteiger partial charge is 0.106 e. The van der Waals surface area contributed by atoms with Crippen molar-refractivity contribution in [3.8, 4) is 0 Å². The van der Waals surface area contributed by atoms with Crippen molar-refractivity contribution in [2.45, 2.75) is 13.3 Å². The quantitative estimate of drug-likeness (QED) is 0.617. The normalized spacial score (nSPS) is 21.2. The molecule has 0 bridgehead atoms. The van der Waals surface area contributed by atoms with Crippen molar-refractivity contribution < 1.29 is 4.84 Å². The molecular formula is C8H10BrNO. The summed E-state index contributed by atoms with van der Waals surface area (Å²) < 4.78 is 1.15. The van der Waals surface area contributed by atoms with Gasteiger partial charge < -0.3 is 4.84 Å².